The molecule has 3 rings (SSSR count). The van der Waals surface area contributed by atoms with Gasteiger partial charge in [-0.25, -0.2) is 4.79 Å². The van der Waals surface area contributed by atoms with Crippen LogP contribution in [0.5, 0.6) is 0 Å². The summed E-state index contributed by atoms with van der Waals surface area (Å²) in [6, 6.07) is 17.4. The van der Waals surface area contributed by atoms with E-state index in [1.165, 1.54) is 7.11 Å². The maximum atomic E-state index is 12.6. The second-order valence-electron chi connectivity index (χ2n) is 6.36. The van der Waals surface area contributed by atoms with Crippen LogP contribution in [0, 0.1) is 0 Å². The Kier molecular flexibility index (Phi) is 6.04. The van der Waals surface area contributed by atoms with Crippen molar-refractivity contribution in [2.45, 2.75) is 25.9 Å². The van der Waals surface area contributed by atoms with Crippen LogP contribution in [0.25, 0.3) is 22.0 Å². The van der Waals surface area contributed by atoms with E-state index < -0.39 is 12.1 Å². The van der Waals surface area contributed by atoms with Gasteiger partial charge >= 0.3 is 5.97 Å². The van der Waals surface area contributed by atoms with Gasteiger partial charge in [0, 0.05) is 12.8 Å². The van der Waals surface area contributed by atoms with Crippen molar-refractivity contribution in [2.75, 3.05) is 13.7 Å². The van der Waals surface area contributed by atoms with Crippen LogP contribution < -0.4 is 5.56 Å². The van der Waals surface area contributed by atoms with Gasteiger partial charge in [-0.2, -0.15) is 0 Å². The number of benzene rings is 2. The molecule has 0 radical (unpaired) electrons. The molecule has 0 bridgehead atoms. The Morgan fingerprint density at radius 3 is 2.56 bits per heavy atom. The van der Waals surface area contributed by atoms with Crippen LogP contribution in [-0.4, -0.2) is 24.7 Å². The third kappa shape index (κ3) is 4.26. The van der Waals surface area contributed by atoms with Crippen LogP contribution in [0.2, 0.25) is 0 Å². The summed E-state index contributed by atoms with van der Waals surface area (Å²) in [6.07, 6.45) is 0.669. The van der Waals surface area contributed by atoms with E-state index in [1.54, 1.807) is 12.1 Å². The van der Waals surface area contributed by atoms with E-state index in [9.17, 15) is 9.59 Å². The molecule has 5 nitrogen and oxygen atoms in total. The summed E-state index contributed by atoms with van der Waals surface area (Å²) in [5.41, 5.74) is 1.46. The fourth-order valence-corrected chi connectivity index (χ4v) is 2.96. The van der Waals surface area contributed by atoms with E-state index >= 15 is 0 Å². The zero-order chi connectivity index (χ0) is 19.2. The van der Waals surface area contributed by atoms with Crippen molar-refractivity contribution in [1.82, 2.24) is 4.98 Å². The van der Waals surface area contributed by atoms with Gasteiger partial charge in [0.15, 0.2) is 6.10 Å². The molecule has 27 heavy (non-hydrogen) atoms. The van der Waals surface area contributed by atoms with Gasteiger partial charge in [0.25, 0.3) is 5.56 Å². The summed E-state index contributed by atoms with van der Waals surface area (Å²) in [5.74, 6) is -0.546. The number of aromatic amines is 1. The molecule has 0 aliphatic heterocycles. The monoisotopic (exact) mass is 365 g/mol. The number of aromatic nitrogens is 1. The van der Waals surface area contributed by atoms with E-state index in [4.69, 9.17) is 9.47 Å². The first kappa shape index (κ1) is 18.9. The summed E-state index contributed by atoms with van der Waals surface area (Å²) in [6.45, 7) is 2.33. The van der Waals surface area contributed by atoms with Gasteiger partial charge in [-0.3, -0.25) is 4.79 Å². The zero-order valence-electron chi connectivity index (χ0n) is 15.5. The van der Waals surface area contributed by atoms with Crippen molar-refractivity contribution in [3.8, 4) is 11.3 Å². The average molecular weight is 365 g/mol. The highest BCUT2D eigenvalue weighted by atomic mass is 16.6. The Bertz CT molecular complexity index is 993. The normalized spacial score (nSPS) is 12.1. The summed E-state index contributed by atoms with van der Waals surface area (Å²) >= 11 is 0. The third-order valence-corrected chi connectivity index (χ3v) is 4.47. The lowest BCUT2D eigenvalue weighted by molar-refractivity contribution is -0.156. The molecule has 1 aromatic heterocycles. The molecule has 1 heterocycles. The molecule has 1 atom stereocenters. The second-order valence-corrected chi connectivity index (χ2v) is 6.36. The lowest BCUT2D eigenvalue weighted by Crippen LogP contribution is -2.25. The minimum Gasteiger partial charge on any atom is -0.464 e. The van der Waals surface area contributed by atoms with Crippen molar-refractivity contribution >= 4 is 16.7 Å². The fourth-order valence-electron chi connectivity index (χ4n) is 2.96. The van der Waals surface area contributed by atoms with Crippen LogP contribution in [0.3, 0.4) is 0 Å². The minimum absolute atomic E-state index is 0.239. The standard InChI is InChI=1S/C22H23NO4/c1-3-4-13-27-22(25)20(26-2)18-11-12-19(23-21(18)24)17-10-9-15-7-5-6-8-16(15)14-17/h5-12,14,20H,3-4,13H2,1-2H3,(H,23,24). The van der Waals surface area contributed by atoms with Crippen molar-refractivity contribution in [2.24, 2.45) is 0 Å². The highest BCUT2D eigenvalue weighted by Crippen LogP contribution is 2.23. The molecule has 0 saturated carbocycles. The maximum Gasteiger partial charge on any atom is 0.340 e. The lowest BCUT2D eigenvalue weighted by Gasteiger charge is -2.14. The molecule has 2 aromatic carbocycles. The molecule has 1 unspecified atom stereocenters. The molecule has 3 aromatic rings. The number of fused-ring (bicyclic) bond motifs is 1. The summed E-state index contributed by atoms with van der Waals surface area (Å²) in [5, 5.41) is 2.23. The largest absolute Gasteiger partial charge is 0.464 e. The number of methoxy groups -OCH3 is 1. The van der Waals surface area contributed by atoms with Gasteiger partial charge in [0.1, 0.15) is 0 Å². The first-order chi connectivity index (χ1) is 13.1. The van der Waals surface area contributed by atoms with Crippen LogP contribution in [0.1, 0.15) is 31.4 Å². The van der Waals surface area contributed by atoms with Crippen LogP contribution in [-0.2, 0) is 14.3 Å². The number of unbranched alkanes of at least 4 members (excludes halogenated alkanes) is 1. The predicted molar refractivity (Wildman–Crippen MR) is 106 cm³/mol. The average Bonchev–Trinajstić information content (AvgIpc) is 2.69. The number of nitrogens with one attached hydrogen (secondary N) is 1. The Morgan fingerprint density at radius 2 is 1.85 bits per heavy atom. The smallest absolute Gasteiger partial charge is 0.340 e. The van der Waals surface area contributed by atoms with E-state index in [-0.39, 0.29) is 11.1 Å². The molecule has 0 aliphatic rings. The summed E-state index contributed by atoms with van der Waals surface area (Å²) < 4.78 is 10.4. The predicted octanol–water partition coefficient (Wildman–Crippen LogP) is 4.23. The van der Waals surface area contributed by atoms with Gasteiger partial charge < -0.3 is 14.5 Å². The van der Waals surface area contributed by atoms with Gasteiger partial charge in [0.05, 0.1) is 12.2 Å². The Balaban J connectivity index is 1.87. The van der Waals surface area contributed by atoms with E-state index in [2.05, 4.69) is 4.98 Å². The molecule has 0 spiro atoms. The van der Waals surface area contributed by atoms with Crippen molar-refractivity contribution < 1.29 is 14.3 Å². The van der Waals surface area contributed by atoms with Crippen molar-refractivity contribution in [1.29, 1.82) is 0 Å². The lowest BCUT2D eigenvalue weighted by atomic mass is 10.0. The SMILES string of the molecule is CCCCOC(=O)C(OC)c1ccc(-c2ccc3ccccc3c2)[nH]c1=O. The molecule has 5 heteroatoms. The second kappa shape index (κ2) is 8.64. The number of ether oxygens (including phenoxy) is 2. The highest BCUT2D eigenvalue weighted by Gasteiger charge is 2.24. The summed E-state index contributed by atoms with van der Waals surface area (Å²) in [4.78, 5) is 27.6. The summed E-state index contributed by atoms with van der Waals surface area (Å²) in [7, 11) is 1.39. The van der Waals surface area contributed by atoms with E-state index in [1.807, 2.05) is 49.4 Å². The number of carbonyl (C=O) groups is 1. The highest BCUT2D eigenvalue weighted by molar-refractivity contribution is 5.86. The van der Waals surface area contributed by atoms with Crippen molar-refractivity contribution in [3.05, 3.63) is 70.5 Å². The third-order valence-electron chi connectivity index (χ3n) is 4.47. The first-order valence-corrected chi connectivity index (χ1v) is 9.06. The number of H-pyrrole nitrogens is 1. The van der Waals surface area contributed by atoms with E-state index in [0.717, 1.165) is 29.2 Å². The van der Waals surface area contributed by atoms with Crippen molar-refractivity contribution in [3.63, 3.8) is 0 Å². The fraction of sp³-hybridized carbons (Fsp3) is 0.273. The van der Waals surface area contributed by atoms with Crippen LogP contribution in [0.15, 0.2) is 59.4 Å². The molecule has 1 N–H and O–H groups in total. The maximum absolute atomic E-state index is 12.6. The minimum atomic E-state index is -1.03. The Morgan fingerprint density at radius 1 is 1.07 bits per heavy atom. The first-order valence-electron chi connectivity index (χ1n) is 9.06. The van der Waals surface area contributed by atoms with Gasteiger partial charge in [0.2, 0.25) is 0 Å². The topological polar surface area (TPSA) is 68.4 Å². The quantitative estimate of drug-likeness (QED) is 0.503. The molecule has 0 aliphatic carbocycles. The molecule has 0 saturated heterocycles. The number of hydrogen-bond donors (Lipinski definition) is 1. The van der Waals surface area contributed by atoms with Gasteiger partial charge in [-0.15, -0.1) is 0 Å². The van der Waals surface area contributed by atoms with Gasteiger partial charge in [-0.1, -0.05) is 49.7 Å². The number of hydrogen-bond acceptors (Lipinski definition) is 4. The van der Waals surface area contributed by atoms with Crippen LogP contribution >= 0.6 is 0 Å². The molecule has 140 valence electrons. The number of pyridine rings is 1. The zero-order valence-corrected chi connectivity index (χ0v) is 15.5. The number of carbonyl (C=O) groups excluding carboxylic acids is 1. The molecule has 0 fully saturated rings. The molecular weight excluding hydrogens is 342 g/mol. The number of esters is 1. The van der Waals surface area contributed by atoms with E-state index in [0.29, 0.717) is 12.3 Å². The number of rotatable bonds is 7. The molecule has 0 amide bonds. The van der Waals surface area contributed by atoms with Gasteiger partial charge in [-0.05, 0) is 41.0 Å². The Labute approximate surface area is 157 Å². The molecular formula is C22H23NO4. The Hall–Kier alpha value is -2.92. The van der Waals surface area contributed by atoms with Crippen LogP contribution in [0.4, 0.5) is 0 Å².